The van der Waals surface area contributed by atoms with Crippen molar-refractivity contribution >= 4 is 12.1 Å². The average Bonchev–Trinajstić information content (AvgIpc) is 2.50. The van der Waals surface area contributed by atoms with Gasteiger partial charge in [0.05, 0.1) is 6.04 Å². The summed E-state index contributed by atoms with van der Waals surface area (Å²) in [5.74, 6) is 0.478. The molecular formula is C19H36NO2. The van der Waals surface area contributed by atoms with Gasteiger partial charge in [0.25, 0.3) is 0 Å². The Balaban J connectivity index is 3.20. The maximum Gasteiger partial charge on any atom is 0.198 e. The fourth-order valence-electron chi connectivity index (χ4n) is 2.63. The number of nitrogens with two attached hydrogens (primary N) is 1. The largest absolute Gasteiger partial charge is 0.321 e. The van der Waals surface area contributed by atoms with E-state index >= 15 is 0 Å². The van der Waals surface area contributed by atoms with E-state index in [0.29, 0.717) is 12.8 Å². The van der Waals surface area contributed by atoms with Gasteiger partial charge in [0, 0.05) is 12.8 Å². The van der Waals surface area contributed by atoms with Gasteiger partial charge in [-0.05, 0) is 18.8 Å². The molecule has 22 heavy (non-hydrogen) atoms. The Labute approximate surface area is 137 Å². The molecule has 0 rings (SSSR count). The van der Waals surface area contributed by atoms with Crippen LogP contribution in [-0.4, -0.2) is 18.1 Å². The Morgan fingerprint density at radius 2 is 1.23 bits per heavy atom. The molecule has 0 aromatic rings. The second kappa shape index (κ2) is 15.2. The monoisotopic (exact) mass is 310 g/mol. The molecule has 0 aliphatic heterocycles. The lowest BCUT2D eigenvalue weighted by molar-refractivity contribution is -0.121. The molecule has 0 fully saturated rings. The van der Waals surface area contributed by atoms with Crippen LogP contribution in [0.15, 0.2) is 0 Å². The lowest BCUT2D eigenvalue weighted by Crippen LogP contribution is -2.35. The number of Topliss-reactive ketones (excluding diaryl/α,β-unsaturated/α-hetero) is 1. The summed E-state index contributed by atoms with van der Waals surface area (Å²) in [5.41, 5.74) is 5.84. The third kappa shape index (κ3) is 13.0. The van der Waals surface area contributed by atoms with Crippen molar-refractivity contribution in [3.8, 4) is 0 Å². The Morgan fingerprint density at radius 3 is 1.64 bits per heavy atom. The third-order valence-electron chi connectivity index (χ3n) is 4.29. The lowest BCUT2D eigenvalue weighted by atomic mass is 9.97. The molecule has 0 bridgehead atoms. The highest BCUT2D eigenvalue weighted by atomic mass is 16.1. The highest BCUT2D eigenvalue weighted by Gasteiger charge is 2.15. The number of hydrogen-bond acceptors (Lipinski definition) is 3. The molecule has 2 N–H and O–H groups in total. The van der Waals surface area contributed by atoms with Gasteiger partial charge in [-0.25, -0.2) is 0 Å². The van der Waals surface area contributed by atoms with Gasteiger partial charge in [0.1, 0.15) is 5.78 Å². The minimum atomic E-state index is -0.274. The van der Waals surface area contributed by atoms with Crippen molar-refractivity contribution in [1.82, 2.24) is 0 Å². The summed E-state index contributed by atoms with van der Waals surface area (Å²) in [7, 11) is 0. The molecule has 0 heterocycles. The summed E-state index contributed by atoms with van der Waals surface area (Å²) in [6.45, 7) is 4.01. The molecule has 3 heteroatoms. The average molecular weight is 311 g/mol. The van der Waals surface area contributed by atoms with Crippen LogP contribution < -0.4 is 5.73 Å². The van der Waals surface area contributed by atoms with Crippen molar-refractivity contribution in [3.63, 3.8) is 0 Å². The Bertz CT molecular complexity index is 277. The first-order chi connectivity index (χ1) is 10.6. The number of hydrogen-bond donors (Lipinski definition) is 1. The number of unbranched alkanes of at least 4 members (excludes halogenated alkanes) is 11. The minimum absolute atomic E-state index is 0.224. The molecule has 0 aromatic heterocycles. The van der Waals surface area contributed by atoms with Crippen LogP contribution in [0, 0.1) is 5.92 Å². The van der Waals surface area contributed by atoms with Crippen LogP contribution in [0.3, 0.4) is 0 Å². The number of carbonyl (C=O) groups is 1. The van der Waals surface area contributed by atoms with Crippen molar-refractivity contribution in [1.29, 1.82) is 0 Å². The third-order valence-corrected chi connectivity index (χ3v) is 4.29. The van der Waals surface area contributed by atoms with Gasteiger partial charge < -0.3 is 5.73 Å². The summed E-state index contributed by atoms with van der Waals surface area (Å²) in [6, 6.07) is -0.274. The molecule has 0 aliphatic carbocycles. The van der Waals surface area contributed by atoms with Gasteiger partial charge in [-0.15, -0.1) is 0 Å². The molecular weight excluding hydrogens is 274 g/mol. The van der Waals surface area contributed by atoms with Crippen LogP contribution in [0.1, 0.15) is 97.3 Å². The van der Waals surface area contributed by atoms with Crippen molar-refractivity contribution in [3.05, 3.63) is 0 Å². The highest BCUT2D eigenvalue weighted by Crippen LogP contribution is 2.13. The molecule has 1 atom stereocenters. The van der Waals surface area contributed by atoms with E-state index in [-0.39, 0.29) is 17.7 Å². The van der Waals surface area contributed by atoms with E-state index < -0.39 is 0 Å². The standard InChI is InChI=1S/C19H36NO2/c1-17(2)19(20)18(22)15-13-11-9-7-5-3-4-6-8-10-12-14-16-21/h17,19H,3-15,20H2,1-2H3/t19-/m0/s1. The SMILES string of the molecule is CC(C)[C@H](N)C(=O)CCCCCCCCCCCCC[C]=O. The first-order valence-corrected chi connectivity index (χ1v) is 9.23. The fourth-order valence-corrected chi connectivity index (χ4v) is 2.63. The lowest BCUT2D eigenvalue weighted by Gasteiger charge is -2.13. The molecule has 3 nitrogen and oxygen atoms in total. The van der Waals surface area contributed by atoms with Crippen molar-refractivity contribution in [2.45, 2.75) is 103 Å². The van der Waals surface area contributed by atoms with Gasteiger partial charge >= 0.3 is 0 Å². The number of carbonyl (C=O) groups excluding carboxylic acids is 2. The Kier molecular flexibility index (Phi) is 14.7. The Hall–Kier alpha value is -0.700. The van der Waals surface area contributed by atoms with E-state index in [1.807, 2.05) is 20.1 Å². The minimum Gasteiger partial charge on any atom is -0.321 e. The van der Waals surface area contributed by atoms with Gasteiger partial charge in [-0.1, -0.05) is 71.6 Å². The van der Waals surface area contributed by atoms with E-state index in [4.69, 9.17) is 5.73 Å². The maximum atomic E-state index is 11.7. The van der Waals surface area contributed by atoms with E-state index in [9.17, 15) is 9.59 Å². The number of ketones is 1. The van der Waals surface area contributed by atoms with Crippen LogP contribution in [-0.2, 0) is 9.59 Å². The first-order valence-electron chi connectivity index (χ1n) is 9.23. The maximum absolute atomic E-state index is 11.7. The highest BCUT2D eigenvalue weighted by molar-refractivity contribution is 5.83. The molecule has 0 saturated carbocycles. The van der Waals surface area contributed by atoms with Gasteiger partial charge in [-0.2, -0.15) is 0 Å². The van der Waals surface area contributed by atoms with Crippen LogP contribution in [0.5, 0.6) is 0 Å². The molecule has 0 spiro atoms. The predicted molar refractivity (Wildman–Crippen MR) is 93.5 cm³/mol. The normalized spacial score (nSPS) is 12.5. The van der Waals surface area contributed by atoms with E-state index in [1.54, 1.807) is 0 Å². The molecule has 129 valence electrons. The predicted octanol–water partition coefficient (Wildman–Crippen LogP) is 4.72. The summed E-state index contributed by atoms with van der Waals surface area (Å²) < 4.78 is 0. The fraction of sp³-hybridized carbons (Fsp3) is 0.895. The second-order valence-electron chi connectivity index (χ2n) is 6.77. The van der Waals surface area contributed by atoms with Gasteiger partial charge in [0.15, 0.2) is 6.29 Å². The summed E-state index contributed by atoms with van der Waals surface area (Å²) in [6.07, 6.45) is 16.5. The van der Waals surface area contributed by atoms with Crippen LogP contribution >= 0.6 is 0 Å². The van der Waals surface area contributed by atoms with E-state index in [2.05, 4.69) is 0 Å². The molecule has 1 radical (unpaired) electrons. The molecule has 0 aliphatic rings. The second-order valence-corrected chi connectivity index (χ2v) is 6.77. The zero-order valence-electron chi connectivity index (χ0n) is 14.7. The van der Waals surface area contributed by atoms with Crippen LogP contribution in [0.2, 0.25) is 0 Å². The van der Waals surface area contributed by atoms with Crippen LogP contribution in [0.25, 0.3) is 0 Å². The molecule has 0 saturated heterocycles. The first kappa shape index (κ1) is 21.3. The molecule has 0 amide bonds. The van der Waals surface area contributed by atoms with Crippen molar-refractivity contribution in [2.75, 3.05) is 0 Å². The molecule has 0 aromatic carbocycles. The smallest absolute Gasteiger partial charge is 0.198 e. The van der Waals surface area contributed by atoms with E-state index in [1.165, 1.54) is 51.4 Å². The van der Waals surface area contributed by atoms with Crippen molar-refractivity contribution < 1.29 is 9.59 Å². The molecule has 0 unspecified atom stereocenters. The zero-order valence-corrected chi connectivity index (χ0v) is 14.7. The van der Waals surface area contributed by atoms with Gasteiger partial charge in [-0.3, -0.25) is 9.59 Å². The summed E-state index contributed by atoms with van der Waals surface area (Å²) >= 11 is 0. The zero-order chi connectivity index (χ0) is 16.6. The Morgan fingerprint density at radius 1 is 0.818 bits per heavy atom. The number of rotatable bonds is 16. The van der Waals surface area contributed by atoms with Gasteiger partial charge in [0.2, 0.25) is 0 Å². The summed E-state index contributed by atoms with van der Waals surface area (Å²) in [5, 5.41) is 0. The van der Waals surface area contributed by atoms with E-state index in [0.717, 1.165) is 19.3 Å². The van der Waals surface area contributed by atoms with Crippen LogP contribution in [0.4, 0.5) is 0 Å². The topological polar surface area (TPSA) is 60.2 Å². The quantitative estimate of drug-likeness (QED) is 0.420. The summed E-state index contributed by atoms with van der Waals surface area (Å²) in [4.78, 5) is 21.8. The van der Waals surface area contributed by atoms with Crippen molar-refractivity contribution in [2.24, 2.45) is 11.7 Å².